The van der Waals surface area contributed by atoms with Gasteiger partial charge in [0.25, 0.3) is 0 Å². The molecule has 4 aromatic heterocycles. The number of H-pyrrole nitrogens is 2. The summed E-state index contributed by atoms with van der Waals surface area (Å²) in [7, 11) is 0. The minimum absolute atomic E-state index is 0.0659. The van der Waals surface area contributed by atoms with Gasteiger partial charge in [-0.3, -0.25) is 0 Å². The maximum atomic E-state index is 13.8. The molecule has 42 heavy (non-hydrogen) atoms. The van der Waals surface area contributed by atoms with Crippen LogP contribution in [0.25, 0.3) is 66.1 Å². The number of halogens is 4. The molecule has 0 bridgehead atoms. The van der Waals surface area contributed by atoms with E-state index in [4.69, 9.17) is 0 Å². The van der Waals surface area contributed by atoms with Crippen molar-refractivity contribution < 1.29 is 17.6 Å². The largest absolute Gasteiger partial charge is 0.360 e. The van der Waals surface area contributed by atoms with Crippen LogP contribution < -0.4 is 0 Å². The first-order chi connectivity index (χ1) is 20.5. The summed E-state index contributed by atoms with van der Waals surface area (Å²) in [6, 6.07) is 29.0. The Morgan fingerprint density at radius 1 is 0.524 bits per heavy atom. The zero-order valence-corrected chi connectivity index (χ0v) is 21.8. The van der Waals surface area contributed by atoms with Crippen LogP contribution in [0.4, 0.5) is 17.6 Å². The monoisotopic (exact) mass is 560 g/mol. The zero-order chi connectivity index (χ0) is 28.8. The predicted molar refractivity (Wildman–Crippen MR) is 158 cm³/mol. The van der Waals surface area contributed by atoms with Crippen LogP contribution in [-0.2, 0) is 0 Å². The second-order valence-corrected chi connectivity index (χ2v) is 9.78. The topological polar surface area (TPSA) is 57.4 Å². The molecule has 0 atom stereocenters. The lowest BCUT2D eigenvalue weighted by Crippen LogP contribution is -1.91. The molecule has 0 amide bonds. The minimum atomic E-state index is -1.48. The number of para-hydroxylation sites is 2. The molecule has 204 valence electrons. The van der Waals surface area contributed by atoms with E-state index in [0.29, 0.717) is 11.3 Å². The number of hydrogen-bond acceptors (Lipinski definition) is 2. The number of pyridine rings is 2. The highest BCUT2D eigenvalue weighted by atomic mass is 19.2. The standard InChI is InChI=1S/C17H9F3N2.C17H11FN2/c18-12-7-10-11(8-21-17(10)16(20)15(12)19)14-6-5-9-3-1-2-4-13(9)22-14;18-12-6-7-13-14(10-19-17(13)9-12)16-8-5-11-3-1-2-4-15(11)20-16/h1-8,21H;1-10,19H. The first-order valence-electron chi connectivity index (χ1n) is 13.1. The summed E-state index contributed by atoms with van der Waals surface area (Å²) in [6.07, 6.45) is 3.38. The first kappa shape index (κ1) is 25.5. The Kier molecular flexibility index (Phi) is 6.16. The number of nitrogens with zero attached hydrogens (tertiary/aromatic N) is 2. The molecule has 8 heteroatoms. The number of aromatic amines is 2. The van der Waals surface area contributed by atoms with Gasteiger partial charge in [-0.2, -0.15) is 0 Å². The number of nitrogens with one attached hydrogen (secondary N) is 2. The van der Waals surface area contributed by atoms with E-state index in [1.54, 1.807) is 12.1 Å². The van der Waals surface area contributed by atoms with Crippen molar-refractivity contribution in [2.75, 3.05) is 0 Å². The number of rotatable bonds is 2. The van der Waals surface area contributed by atoms with Crippen molar-refractivity contribution in [2.45, 2.75) is 0 Å². The zero-order valence-electron chi connectivity index (χ0n) is 21.8. The van der Waals surface area contributed by atoms with Gasteiger partial charge >= 0.3 is 0 Å². The lowest BCUT2D eigenvalue weighted by atomic mass is 10.1. The average molecular weight is 561 g/mol. The quantitative estimate of drug-likeness (QED) is 0.164. The van der Waals surface area contributed by atoms with Crippen LogP contribution in [0.2, 0.25) is 0 Å². The van der Waals surface area contributed by atoms with E-state index in [1.807, 2.05) is 66.9 Å². The first-order valence-corrected chi connectivity index (χ1v) is 13.1. The van der Waals surface area contributed by atoms with Crippen LogP contribution in [0.1, 0.15) is 0 Å². The third-order valence-electron chi connectivity index (χ3n) is 7.21. The third kappa shape index (κ3) is 4.43. The van der Waals surface area contributed by atoms with Crippen molar-refractivity contribution in [2.24, 2.45) is 0 Å². The summed E-state index contributed by atoms with van der Waals surface area (Å²) in [5.41, 5.74) is 5.43. The van der Waals surface area contributed by atoms with Crippen molar-refractivity contribution in [3.05, 3.63) is 133 Å². The molecular weight excluding hydrogens is 540 g/mol. The molecule has 0 radical (unpaired) electrons. The van der Waals surface area contributed by atoms with Crippen molar-refractivity contribution >= 4 is 43.6 Å². The van der Waals surface area contributed by atoms with E-state index in [9.17, 15) is 17.6 Å². The molecule has 0 aliphatic heterocycles. The van der Waals surface area contributed by atoms with Crippen LogP contribution >= 0.6 is 0 Å². The highest BCUT2D eigenvalue weighted by molar-refractivity contribution is 5.97. The smallest absolute Gasteiger partial charge is 0.196 e. The maximum absolute atomic E-state index is 13.8. The van der Waals surface area contributed by atoms with Crippen molar-refractivity contribution in [1.82, 2.24) is 19.9 Å². The van der Waals surface area contributed by atoms with Gasteiger partial charge in [0.2, 0.25) is 0 Å². The van der Waals surface area contributed by atoms with E-state index in [2.05, 4.69) is 26.0 Å². The highest BCUT2D eigenvalue weighted by Crippen LogP contribution is 2.32. The molecule has 0 fully saturated rings. The normalized spacial score (nSPS) is 11.3. The SMILES string of the molecule is Fc1cc2c(-c3ccc4ccccc4n3)c[nH]c2c(F)c1F.Fc1ccc2c(-c3ccc4ccccc4n3)c[nH]c2c1. The van der Waals surface area contributed by atoms with Crippen molar-refractivity contribution in [1.29, 1.82) is 0 Å². The molecule has 0 saturated carbocycles. The van der Waals surface area contributed by atoms with Gasteiger partial charge in [-0.05, 0) is 48.5 Å². The Morgan fingerprint density at radius 3 is 1.79 bits per heavy atom. The van der Waals surface area contributed by atoms with Gasteiger partial charge in [0, 0.05) is 50.6 Å². The van der Waals surface area contributed by atoms with Crippen LogP contribution in [0.15, 0.2) is 109 Å². The lowest BCUT2D eigenvalue weighted by molar-refractivity contribution is 0.453. The Morgan fingerprint density at radius 2 is 1.12 bits per heavy atom. The number of aromatic nitrogens is 4. The van der Waals surface area contributed by atoms with Crippen molar-refractivity contribution in [3.8, 4) is 22.5 Å². The third-order valence-corrected chi connectivity index (χ3v) is 7.21. The molecule has 4 nitrogen and oxygen atoms in total. The van der Waals surface area contributed by atoms with E-state index in [1.165, 1.54) is 18.3 Å². The molecule has 2 N–H and O–H groups in total. The Balaban J connectivity index is 0.000000138. The fourth-order valence-electron chi connectivity index (χ4n) is 5.13. The number of benzene rings is 4. The summed E-state index contributed by atoms with van der Waals surface area (Å²) >= 11 is 0. The van der Waals surface area contributed by atoms with Crippen LogP contribution in [0.5, 0.6) is 0 Å². The molecule has 0 aliphatic carbocycles. The molecular formula is C34H20F4N4. The van der Waals surface area contributed by atoms with Gasteiger partial charge in [-0.1, -0.05) is 48.5 Å². The fourth-order valence-corrected chi connectivity index (χ4v) is 5.13. The lowest BCUT2D eigenvalue weighted by Gasteiger charge is -2.03. The minimum Gasteiger partial charge on any atom is -0.360 e. The molecule has 4 heterocycles. The van der Waals surface area contributed by atoms with E-state index in [0.717, 1.165) is 50.0 Å². The molecule has 0 aliphatic rings. The van der Waals surface area contributed by atoms with Gasteiger partial charge in [0.1, 0.15) is 5.82 Å². The van der Waals surface area contributed by atoms with E-state index >= 15 is 0 Å². The summed E-state index contributed by atoms with van der Waals surface area (Å²) in [5.74, 6) is -4.15. The van der Waals surface area contributed by atoms with E-state index in [-0.39, 0.29) is 16.7 Å². The summed E-state index contributed by atoms with van der Waals surface area (Å²) < 4.78 is 53.8. The van der Waals surface area contributed by atoms with E-state index < -0.39 is 17.5 Å². The Bertz CT molecular complexity index is 2270. The molecule has 0 unspecified atom stereocenters. The summed E-state index contributed by atoms with van der Waals surface area (Å²) in [6.45, 7) is 0. The maximum Gasteiger partial charge on any atom is 0.196 e. The second-order valence-electron chi connectivity index (χ2n) is 9.78. The molecule has 8 rings (SSSR count). The Hall–Kier alpha value is -5.50. The highest BCUT2D eigenvalue weighted by Gasteiger charge is 2.18. The van der Waals surface area contributed by atoms with Crippen LogP contribution in [0, 0.1) is 23.3 Å². The fraction of sp³-hybridized carbons (Fsp3) is 0. The Labute approximate surface area is 236 Å². The molecule has 4 aromatic carbocycles. The van der Waals surface area contributed by atoms with Crippen LogP contribution in [0.3, 0.4) is 0 Å². The van der Waals surface area contributed by atoms with Crippen LogP contribution in [-0.4, -0.2) is 19.9 Å². The predicted octanol–water partition coefficient (Wildman–Crippen LogP) is 9.32. The average Bonchev–Trinajstić information content (AvgIpc) is 3.64. The van der Waals surface area contributed by atoms with Gasteiger partial charge in [0.15, 0.2) is 17.5 Å². The van der Waals surface area contributed by atoms with Gasteiger partial charge in [-0.15, -0.1) is 0 Å². The van der Waals surface area contributed by atoms with Gasteiger partial charge < -0.3 is 9.97 Å². The second kappa shape index (κ2) is 10.2. The molecule has 8 aromatic rings. The van der Waals surface area contributed by atoms with Gasteiger partial charge in [-0.25, -0.2) is 27.5 Å². The molecule has 0 spiro atoms. The number of fused-ring (bicyclic) bond motifs is 4. The summed E-state index contributed by atoms with van der Waals surface area (Å²) in [5, 5.41) is 3.32. The van der Waals surface area contributed by atoms with Crippen molar-refractivity contribution in [3.63, 3.8) is 0 Å². The molecule has 0 saturated heterocycles. The summed E-state index contributed by atoms with van der Waals surface area (Å²) in [4.78, 5) is 14.9. The number of hydrogen-bond donors (Lipinski definition) is 2. The van der Waals surface area contributed by atoms with Gasteiger partial charge in [0.05, 0.1) is 27.9 Å².